The van der Waals surface area contributed by atoms with Gasteiger partial charge in [0.25, 0.3) is 0 Å². The Morgan fingerprint density at radius 1 is 0.365 bits per heavy atom. The lowest BCUT2D eigenvalue weighted by Gasteiger charge is -2.13. The zero-order valence-corrected chi connectivity index (χ0v) is 34.6. The third kappa shape index (κ3) is 17.4. The number of hydrogen-bond donors (Lipinski definition) is 0. The maximum atomic E-state index is 13.4. The second-order valence-electron chi connectivity index (χ2n) is 13.1. The minimum atomic E-state index is -0.805. The third-order valence-electron chi connectivity index (χ3n) is 8.46. The van der Waals surface area contributed by atoms with Gasteiger partial charge in [-0.05, 0) is 123 Å². The molecule has 0 aromatic heterocycles. The van der Waals surface area contributed by atoms with Crippen molar-refractivity contribution in [1.82, 2.24) is 0 Å². The summed E-state index contributed by atoms with van der Waals surface area (Å²) < 4.78 is 48.9. The van der Waals surface area contributed by atoms with Crippen molar-refractivity contribution in [2.75, 3.05) is 39.6 Å². The lowest BCUT2D eigenvalue weighted by atomic mass is 10.2. The van der Waals surface area contributed by atoms with Gasteiger partial charge in [0, 0.05) is 24.3 Å². The van der Waals surface area contributed by atoms with E-state index in [0.717, 1.165) is 18.2 Å². The van der Waals surface area contributed by atoms with Gasteiger partial charge in [-0.1, -0.05) is 19.7 Å². The van der Waals surface area contributed by atoms with E-state index in [4.69, 9.17) is 42.6 Å². The Bertz CT molecular complexity index is 2170. The molecule has 0 spiro atoms. The minimum Gasteiger partial charge on any atom is -0.494 e. The first-order valence-electron chi connectivity index (χ1n) is 19.9. The number of hydrogen-bond acceptors (Lipinski definition) is 15. The Hall–Kier alpha value is -7.68. The molecule has 0 heterocycles. The maximum absolute atomic E-state index is 13.4. The van der Waals surface area contributed by atoms with Crippen molar-refractivity contribution in [1.29, 1.82) is 0 Å². The van der Waals surface area contributed by atoms with Gasteiger partial charge in [-0.2, -0.15) is 0 Å². The zero-order valence-electron chi connectivity index (χ0n) is 34.6. The second-order valence-corrected chi connectivity index (χ2v) is 13.1. The molecule has 15 nitrogen and oxygen atoms in total. The largest absolute Gasteiger partial charge is 0.494 e. The molecular formula is C48H48O15. The van der Waals surface area contributed by atoms with Crippen LogP contribution in [0.4, 0.5) is 0 Å². The first kappa shape index (κ1) is 48.0. The van der Waals surface area contributed by atoms with Gasteiger partial charge >= 0.3 is 35.8 Å². The van der Waals surface area contributed by atoms with Crippen LogP contribution in [-0.4, -0.2) is 75.5 Å². The van der Waals surface area contributed by atoms with E-state index >= 15 is 0 Å². The molecule has 63 heavy (non-hydrogen) atoms. The number of esters is 6. The molecule has 15 heteroatoms. The zero-order chi connectivity index (χ0) is 45.2. The summed E-state index contributed by atoms with van der Waals surface area (Å²) in [6, 6.07) is 22.6. The molecule has 0 fully saturated rings. The summed E-state index contributed by atoms with van der Waals surface area (Å²) in [5.41, 5.74) is 0.513. The van der Waals surface area contributed by atoms with E-state index < -0.39 is 35.8 Å². The highest BCUT2D eigenvalue weighted by atomic mass is 16.6. The molecule has 4 rings (SSSR count). The molecular weight excluding hydrogens is 817 g/mol. The van der Waals surface area contributed by atoms with Crippen molar-refractivity contribution in [3.05, 3.63) is 146 Å². The van der Waals surface area contributed by atoms with Gasteiger partial charge in [0.1, 0.15) is 23.0 Å². The van der Waals surface area contributed by atoms with Crippen LogP contribution in [0.2, 0.25) is 0 Å². The number of benzene rings is 4. The summed E-state index contributed by atoms with van der Waals surface area (Å²) in [6.45, 7) is 11.8. The van der Waals surface area contributed by atoms with Crippen molar-refractivity contribution in [2.45, 2.75) is 38.5 Å². The monoisotopic (exact) mass is 864 g/mol. The van der Waals surface area contributed by atoms with Gasteiger partial charge in [0.15, 0.2) is 11.5 Å². The average molecular weight is 865 g/mol. The van der Waals surface area contributed by atoms with E-state index in [2.05, 4.69) is 19.7 Å². The Kier molecular flexibility index (Phi) is 20.2. The van der Waals surface area contributed by atoms with Crippen molar-refractivity contribution < 1.29 is 71.4 Å². The molecule has 0 radical (unpaired) electrons. The summed E-state index contributed by atoms with van der Waals surface area (Å²) >= 11 is 0. The fourth-order valence-corrected chi connectivity index (χ4v) is 5.14. The van der Waals surface area contributed by atoms with Crippen molar-refractivity contribution in [3.8, 4) is 34.5 Å². The first-order chi connectivity index (χ1) is 30.6. The van der Waals surface area contributed by atoms with Crippen molar-refractivity contribution in [2.24, 2.45) is 0 Å². The lowest BCUT2D eigenvalue weighted by molar-refractivity contribution is -0.138. The van der Waals surface area contributed by atoms with Gasteiger partial charge < -0.3 is 42.6 Å². The summed E-state index contributed by atoms with van der Waals surface area (Å²) in [5.74, 6) is -2.62. The highest BCUT2D eigenvalue weighted by molar-refractivity contribution is 5.94. The Labute approximate surface area is 364 Å². The average Bonchev–Trinajstić information content (AvgIpc) is 3.30. The van der Waals surface area contributed by atoms with Crippen LogP contribution >= 0.6 is 0 Å². The van der Waals surface area contributed by atoms with Crippen LogP contribution in [0.5, 0.6) is 34.5 Å². The molecule has 0 saturated heterocycles. The topological polar surface area (TPSA) is 185 Å². The third-order valence-corrected chi connectivity index (χ3v) is 8.46. The van der Waals surface area contributed by atoms with Crippen LogP contribution in [-0.2, 0) is 28.6 Å². The molecule has 0 aliphatic rings. The van der Waals surface area contributed by atoms with E-state index in [9.17, 15) is 28.8 Å². The SMILES string of the molecule is C=CC(=O)OCCCCOc1ccc(C(=O)Oc2ccc(OC(=O)c3ccc(OCCCCOC(=O)C=C)cc3)c(OC(=O)c3ccc(OCCCCOC(=O)C=C)cc3)c2)cc1. The second kappa shape index (κ2) is 26.5. The van der Waals surface area contributed by atoms with E-state index in [1.165, 1.54) is 54.6 Å². The van der Waals surface area contributed by atoms with Crippen LogP contribution < -0.4 is 28.4 Å². The normalized spacial score (nSPS) is 10.3. The summed E-state index contributed by atoms with van der Waals surface area (Å²) in [6.07, 6.45) is 6.95. The van der Waals surface area contributed by atoms with Crippen LogP contribution in [0, 0.1) is 0 Å². The van der Waals surface area contributed by atoms with Crippen molar-refractivity contribution >= 4 is 35.8 Å². The smallest absolute Gasteiger partial charge is 0.343 e. The summed E-state index contributed by atoms with van der Waals surface area (Å²) in [5, 5.41) is 0. The number of rotatable bonds is 27. The lowest BCUT2D eigenvalue weighted by Crippen LogP contribution is -2.13. The molecule has 0 amide bonds. The molecule has 4 aromatic carbocycles. The van der Waals surface area contributed by atoms with Gasteiger partial charge in [-0.3, -0.25) is 0 Å². The highest BCUT2D eigenvalue weighted by Gasteiger charge is 2.20. The van der Waals surface area contributed by atoms with Crippen LogP contribution in [0.15, 0.2) is 129 Å². The maximum Gasteiger partial charge on any atom is 0.343 e. The molecule has 0 bridgehead atoms. The number of unbranched alkanes of at least 4 members (excludes halogenated alkanes) is 3. The highest BCUT2D eigenvalue weighted by Crippen LogP contribution is 2.34. The molecule has 4 aromatic rings. The van der Waals surface area contributed by atoms with E-state index in [1.807, 2.05) is 0 Å². The first-order valence-corrected chi connectivity index (χ1v) is 19.9. The number of carbonyl (C=O) groups is 6. The number of ether oxygens (including phenoxy) is 9. The predicted molar refractivity (Wildman–Crippen MR) is 228 cm³/mol. The predicted octanol–water partition coefficient (Wildman–Crippen LogP) is 8.01. The molecule has 330 valence electrons. The van der Waals surface area contributed by atoms with Gasteiger partial charge in [-0.15, -0.1) is 0 Å². The Morgan fingerprint density at radius 2 is 0.667 bits per heavy atom. The van der Waals surface area contributed by atoms with Crippen molar-refractivity contribution in [3.63, 3.8) is 0 Å². The fraction of sp³-hybridized carbons (Fsp3) is 0.250. The van der Waals surface area contributed by atoms with Crippen LogP contribution in [0.1, 0.15) is 69.6 Å². The molecule has 0 saturated carbocycles. The fourth-order valence-electron chi connectivity index (χ4n) is 5.14. The van der Waals surface area contributed by atoms with E-state index in [-0.39, 0.29) is 53.8 Å². The van der Waals surface area contributed by atoms with E-state index in [0.29, 0.717) is 75.6 Å². The van der Waals surface area contributed by atoms with E-state index in [1.54, 1.807) is 36.4 Å². The molecule has 0 aliphatic heterocycles. The Balaban J connectivity index is 1.39. The van der Waals surface area contributed by atoms with Gasteiger partial charge in [-0.25, -0.2) is 28.8 Å². The van der Waals surface area contributed by atoms with Crippen LogP contribution in [0.25, 0.3) is 0 Å². The molecule has 0 N–H and O–H groups in total. The summed E-state index contributed by atoms with van der Waals surface area (Å²) in [7, 11) is 0. The van der Waals surface area contributed by atoms with Gasteiger partial charge in [0.05, 0.1) is 56.3 Å². The number of carbonyl (C=O) groups excluding carboxylic acids is 6. The van der Waals surface area contributed by atoms with Gasteiger partial charge in [0.2, 0.25) is 0 Å². The standard InChI is InChI=1S/C48H48O15/c1-4-43(49)58-30-10-7-27-55-37-19-13-34(14-20-37)46(52)61-40-25-26-41(62-47(53)35-15-21-38(22-16-35)56-28-8-11-31-59-44(50)5-2)42(33-40)63-48(54)36-17-23-39(24-18-36)57-29-9-12-32-60-45(51)6-3/h4-6,13-26,33H,1-3,7-12,27-32H2. The minimum absolute atomic E-state index is 0.0107. The Morgan fingerprint density at radius 3 is 1.02 bits per heavy atom. The quantitative estimate of drug-likeness (QED) is 0.0184. The summed E-state index contributed by atoms with van der Waals surface area (Å²) in [4.78, 5) is 73.3. The molecule has 0 unspecified atom stereocenters. The molecule has 0 aliphatic carbocycles. The van der Waals surface area contributed by atoms with Crippen LogP contribution in [0.3, 0.4) is 0 Å². The molecule has 0 atom stereocenters.